The van der Waals surface area contributed by atoms with E-state index in [1.165, 1.54) is 0 Å². The van der Waals surface area contributed by atoms with Crippen LogP contribution in [0.2, 0.25) is 5.02 Å². The Morgan fingerprint density at radius 2 is 1.84 bits per heavy atom. The lowest BCUT2D eigenvalue weighted by molar-refractivity contribution is -0.161. The number of hydrogen-bond acceptors (Lipinski definition) is 5. The first-order valence-electron chi connectivity index (χ1n) is 15.2. The highest BCUT2D eigenvalue weighted by Crippen LogP contribution is 2.49. The van der Waals surface area contributed by atoms with E-state index in [1.54, 1.807) is 6.92 Å². The standard InChI is InChI=1S/C36H38ClNO5/c1-22-19-30(32-23(2)28(35(40)43-31(32)20-22)21-25-9-5-4-6-10-25)42-24(3)34(39)38-18-17-36(41)16-8-7-11-29(36)33(38)26-12-14-27(37)15-13-26/h4-6,9-10,12-15,19-20,24,29,33,41H,7-8,11,16-18,21H2,1-3H3/t24-,29+,33+,36+/m1/s1. The first-order chi connectivity index (χ1) is 20.6. The van der Waals surface area contributed by atoms with Crippen molar-refractivity contribution in [3.63, 3.8) is 0 Å². The number of halogens is 1. The molecule has 2 heterocycles. The summed E-state index contributed by atoms with van der Waals surface area (Å²) in [6, 6.07) is 20.9. The van der Waals surface area contributed by atoms with Crippen molar-refractivity contribution in [2.75, 3.05) is 6.54 Å². The minimum Gasteiger partial charge on any atom is -0.480 e. The molecule has 1 saturated carbocycles. The molecule has 4 aromatic rings. The van der Waals surface area contributed by atoms with Gasteiger partial charge in [-0.05, 0) is 86.6 Å². The fourth-order valence-electron chi connectivity index (χ4n) is 7.21. The summed E-state index contributed by atoms with van der Waals surface area (Å²) >= 11 is 6.22. The Kier molecular flexibility index (Phi) is 8.10. The quantitative estimate of drug-likeness (QED) is 0.235. The SMILES string of the molecule is Cc1cc(O[C@H](C)C(=O)N2CC[C@@]3(O)CCCC[C@H]3[C@@H]2c2ccc(Cl)cc2)c2c(C)c(Cc3ccccc3)c(=O)oc2c1. The van der Waals surface area contributed by atoms with Crippen LogP contribution < -0.4 is 10.4 Å². The number of aliphatic hydroxyl groups is 1. The van der Waals surface area contributed by atoms with Gasteiger partial charge in [0.15, 0.2) is 6.10 Å². The van der Waals surface area contributed by atoms with Gasteiger partial charge in [0.05, 0.1) is 17.0 Å². The molecule has 4 atom stereocenters. The van der Waals surface area contributed by atoms with E-state index >= 15 is 0 Å². The van der Waals surface area contributed by atoms with E-state index in [-0.39, 0.29) is 23.5 Å². The predicted molar refractivity (Wildman–Crippen MR) is 169 cm³/mol. The number of carbonyl (C=O) groups is 1. The van der Waals surface area contributed by atoms with Crippen LogP contribution in [0.15, 0.2) is 75.9 Å². The maximum Gasteiger partial charge on any atom is 0.340 e. The molecule has 43 heavy (non-hydrogen) atoms. The van der Waals surface area contributed by atoms with Gasteiger partial charge in [0.2, 0.25) is 0 Å². The lowest BCUT2D eigenvalue weighted by atomic mass is 9.66. The fourth-order valence-corrected chi connectivity index (χ4v) is 7.34. The molecule has 6 nitrogen and oxygen atoms in total. The lowest BCUT2D eigenvalue weighted by Gasteiger charge is -2.53. The van der Waals surface area contributed by atoms with E-state index in [4.69, 9.17) is 20.8 Å². The van der Waals surface area contributed by atoms with Crippen LogP contribution in [0.3, 0.4) is 0 Å². The van der Waals surface area contributed by atoms with E-state index in [2.05, 4.69) is 0 Å². The monoisotopic (exact) mass is 599 g/mol. The number of rotatable bonds is 6. The highest BCUT2D eigenvalue weighted by Gasteiger charge is 2.50. The van der Waals surface area contributed by atoms with Crippen molar-refractivity contribution in [1.82, 2.24) is 4.90 Å². The molecule has 1 aliphatic heterocycles. The number of ether oxygens (including phenoxy) is 1. The summed E-state index contributed by atoms with van der Waals surface area (Å²) in [5.41, 5.74) is 3.49. The summed E-state index contributed by atoms with van der Waals surface area (Å²) in [5, 5.41) is 13.0. The lowest BCUT2D eigenvalue weighted by Crippen LogP contribution is -2.58. The number of hydrogen-bond donors (Lipinski definition) is 1. The molecule has 1 saturated heterocycles. The third-order valence-corrected chi connectivity index (χ3v) is 9.68. The van der Waals surface area contributed by atoms with Crippen LogP contribution in [0.1, 0.15) is 72.9 Å². The van der Waals surface area contributed by atoms with E-state index in [9.17, 15) is 14.7 Å². The Balaban J connectivity index is 1.34. The molecule has 1 amide bonds. The highest BCUT2D eigenvalue weighted by atomic mass is 35.5. The largest absolute Gasteiger partial charge is 0.480 e. The van der Waals surface area contributed by atoms with Gasteiger partial charge in [-0.25, -0.2) is 4.79 Å². The number of carbonyl (C=O) groups excluding carboxylic acids is 1. The van der Waals surface area contributed by atoms with Gasteiger partial charge in [-0.1, -0.05) is 66.9 Å². The zero-order chi connectivity index (χ0) is 30.3. The third kappa shape index (κ3) is 5.71. The van der Waals surface area contributed by atoms with Gasteiger partial charge in [-0.3, -0.25) is 4.79 Å². The Labute approximate surface area is 257 Å². The first kappa shape index (κ1) is 29.5. The maximum atomic E-state index is 14.2. The van der Waals surface area contributed by atoms with Crippen molar-refractivity contribution >= 4 is 28.5 Å². The first-order valence-corrected chi connectivity index (χ1v) is 15.6. The van der Waals surface area contributed by atoms with Gasteiger partial charge in [-0.2, -0.15) is 0 Å². The van der Waals surface area contributed by atoms with Crippen molar-refractivity contribution in [3.05, 3.63) is 110 Å². The molecule has 6 rings (SSSR count). The van der Waals surface area contributed by atoms with Crippen molar-refractivity contribution in [2.24, 2.45) is 5.92 Å². The van der Waals surface area contributed by atoms with Gasteiger partial charge in [0, 0.05) is 29.5 Å². The van der Waals surface area contributed by atoms with Crippen molar-refractivity contribution in [1.29, 1.82) is 0 Å². The van der Waals surface area contributed by atoms with Gasteiger partial charge >= 0.3 is 5.63 Å². The molecule has 1 aromatic heterocycles. The van der Waals surface area contributed by atoms with Crippen LogP contribution in [-0.2, 0) is 11.2 Å². The Hall–Kier alpha value is -3.61. The number of amides is 1. The van der Waals surface area contributed by atoms with E-state index < -0.39 is 11.7 Å². The number of nitrogens with zero attached hydrogens (tertiary/aromatic N) is 1. The predicted octanol–water partition coefficient (Wildman–Crippen LogP) is 7.32. The number of aryl methyl sites for hydroxylation is 2. The summed E-state index contributed by atoms with van der Waals surface area (Å²) in [5.74, 6) is 0.312. The topological polar surface area (TPSA) is 80.0 Å². The molecule has 0 spiro atoms. The molecule has 7 heteroatoms. The highest BCUT2D eigenvalue weighted by molar-refractivity contribution is 6.30. The van der Waals surface area contributed by atoms with E-state index in [0.717, 1.165) is 47.9 Å². The summed E-state index contributed by atoms with van der Waals surface area (Å²) < 4.78 is 12.3. The summed E-state index contributed by atoms with van der Waals surface area (Å²) in [7, 11) is 0. The molecule has 2 fully saturated rings. The molecule has 1 N–H and O–H groups in total. The van der Waals surface area contributed by atoms with Crippen LogP contribution >= 0.6 is 11.6 Å². The minimum atomic E-state index is -0.807. The Morgan fingerprint density at radius 3 is 2.58 bits per heavy atom. The van der Waals surface area contributed by atoms with E-state index in [0.29, 0.717) is 46.7 Å². The Morgan fingerprint density at radius 1 is 1.09 bits per heavy atom. The van der Waals surface area contributed by atoms with Crippen molar-refractivity contribution < 1.29 is 19.1 Å². The van der Waals surface area contributed by atoms with Crippen molar-refractivity contribution in [2.45, 2.75) is 77.0 Å². The van der Waals surface area contributed by atoms with Crippen LogP contribution in [-0.4, -0.2) is 34.2 Å². The summed E-state index contributed by atoms with van der Waals surface area (Å²) in [6.45, 7) is 6.04. The van der Waals surface area contributed by atoms with Crippen LogP contribution in [0.25, 0.3) is 11.0 Å². The number of likely N-dealkylation sites (tertiary alicyclic amines) is 1. The second kappa shape index (κ2) is 11.8. The minimum absolute atomic E-state index is 0.0656. The van der Waals surface area contributed by atoms with Crippen molar-refractivity contribution in [3.8, 4) is 5.75 Å². The van der Waals surface area contributed by atoms with Crippen LogP contribution in [0, 0.1) is 19.8 Å². The van der Waals surface area contributed by atoms with E-state index in [1.807, 2.05) is 85.5 Å². The van der Waals surface area contributed by atoms with Gasteiger partial charge < -0.3 is 19.2 Å². The van der Waals surface area contributed by atoms with Gasteiger partial charge in [0.1, 0.15) is 11.3 Å². The van der Waals surface area contributed by atoms with Crippen LogP contribution in [0.5, 0.6) is 5.75 Å². The molecule has 0 unspecified atom stereocenters. The molecule has 0 bridgehead atoms. The summed E-state index contributed by atoms with van der Waals surface area (Å²) in [4.78, 5) is 29.2. The summed E-state index contributed by atoms with van der Waals surface area (Å²) in [6.07, 6.45) is 3.80. The normalized spacial score (nSPS) is 22.7. The fraction of sp³-hybridized carbons (Fsp3) is 0.389. The average Bonchev–Trinajstić information content (AvgIpc) is 2.98. The molecule has 3 aromatic carbocycles. The Bertz CT molecular complexity index is 1700. The molecular formula is C36H38ClNO5. The third-order valence-electron chi connectivity index (χ3n) is 9.42. The smallest absolute Gasteiger partial charge is 0.340 e. The van der Waals surface area contributed by atoms with Crippen LogP contribution in [0.4, 0.5) is 0 Å². The van der Waals surface area contributed by atoms with Gasteiger partial charge in [-0.15, -0.1) is 0 Å². The molecule has 1 aliphatic carbocycles. The molecular weight excluding hydrogens is 562 g/mol. The molecule has 224 valence electrons. The zero-order valence-electron chi connectivity index (χ0n) is 24.9. The molecule has 0 radical (unpaired) electrons. The van der Waals surface area contributed by atoms with Gasteiger partial charge in [0.25, 0.3) is 5.91 Å². The number of benzene rings is 3. The second-order valence-corrected chi connectivity index (χ2v) is 12.7. The average molecular weight is 600 g/mol. The maximum absolute atomic E-state index is 14.2. The molecule has 2 aliphatic rings. The second-order valence-electron chi connectivity index (χ2n) is 12.3. The number of piperidine rings is 1. The number of fused-ring (bicyclic) bond motifs is 2. The zero-order valence-corrected chi connectivity index (χ0v) is 25.7.